The van der Waals surface area contributed by atoms with Crippen LogP contribution in [0.3, 0.4) is 0 Å². The number of anilines is 1. The Morgan fingerprint density at radius 3 is 2.72 bits per heavy atom. The van der Waals surface area contributed by atoms with E-state index in [1.807, 2.05) is 30.5 Å². The molecule has 0 saturated heterocycles. The molecule has 0 aliphatic carbocycles. The van der Waals surface area contributed by atoms with E-state index in [9.17, 15) is 0 Å². The van der Waals surface area contributed by atoms with Crippen molar-refractivity contribution in [3.63, 3.8) is 0 Å². The van der Waals surface area contributed by atoms with E-state index in [2.05, 4.69) is 30.2 Å². The zero-order valence-electron chi connectivity index (χ0n) is 10.9. The second-order valence-corrected chi connectivity index (χ2v) is 5.31. The molecule has 0 amide bonds. The molecule has 1 heterocycles. The van der Waals surface area contributed by atoms with Gasteiger partial charge in [-0.1, -0.05) is 32.0 Å². The minimum absolute atomic E-state index is 0.303. The molecule has 0 spiro atoms. The van der Waals surface area contributed by atoms with Crippen molar-refractivity contribution in [2.24, 2.45) is 5.92 Å². The molecular weight excluding hydrogens is 244 g/mol. The average molecular weight is 263 g/mol. The number of nitrogens with zero attached hydrogens (tertiary/aromatic N) is 1. The molecule has 1 N–H and O–H groups in total. The lowest BCUT2D eigenvalue weighted by molar-refractivity contribution is 0.542. The first kappa shape index (κ1) is 13.2. The Morgan fingerprint density at radius 2 is 2.00 bits per heavy atom. The maximum atomic E-state index is 6.03. The number of para-hydroxylation sites is 1. The number of alkyl halides is 1. The fourth-order valence-electron chi connectivity index (χ4n) is 2.17. The van der Waals surface area contributed by atoms with Gasteiger partial charge in [0.15, 0.2) is 0 Å². The number of hydrogen-bond donors (Lipinski definition) is 1. The van der Waals surface area contributed by atoms with Crippen molar-refractivity contribution < 1.29 is 0 Å². The molecule has 3 heteroatoms. The van der Waals surface area contributed by atoms with E-state index >= 15 is 0 Å². The number of nitrogens with one attached hydrogen (secondary N) is 1. The fourth-order valence-corrected chi connectivity index (χ4v) is 2.37. The molecule has 0 fully saturated rings. The Bertz CT molecular complexity index is 505. The van der Waals surface area contributed by atoms with E-state index in [0.717, 1.165) is 23.0 Å². The van der Waals surface area contributed by atoms with E-state index in [-0.39, 0.29) is 0 Å². The molecular formula is C15H19ClN2. The Kier molecular flexibility index (Phi) is 4.43. The normalized spacial score (nSPS) is 12.9. The van der Waals surface area contributed by atoms with Crippen molar-refractivity contribution in [2.45, 2.75) is 26.3 Å². The van der Waals surface area contributed by atoms with Gasteiger partial charge >= 0.3 is 0 Å². The minimum atomic E-state index is 0.303. The summed E-state index contributed by atoms with van der Waals surface area (Å²) < 4.78 is 0. The predicted octanol–water partition coefficient (Wildman–Crippen LogP) is 4.30. The smallest absolute Gasteiger partial charge is 0.0722 e. The van der Waals surface area contributed by atoms with Gasteiger partial charge in [-0.3, -0.25) is 4.98 Å². The number of fused-ring (bicyclic) bond motifs is 1. The Balaban J connectivity index is 2.25. The fraction of sp³-hybridized carbons (Fsp3) is 0.400. The summed E-state index contributed by atoms with van der Waals surface area (Å²) in [4.78, 5) is 4.36. The zero-order chi connectivity index (χ0) is 13.0. The van der Waals surface area contributed by atoms with Crippen LogP contribution in [0.25, 0.3) is 10.9 Å². The molecule has 1 unspecified atom stereocenters. The summed E-state index contributed by atoms with van der Waals surface area (Å²) in [6, 6.07) is 10.5. The second kappa shape index (κ2) is 6.05. The number of pyridine rings is 1. The Hall–Kier alpha value is -1.28. The first-order chi connectivity index (χ1) is 8.70. The van der Waals surface area contributed by atoms with Gasteiger partial charge in [-0.25, -0.2) is 0 Å². The van der Waals surface area contributed by atoms with E-state index in [1.165, 1.54) is 0 Å². The van der Waals surface area contributed by atoms with Crippen LogP contribution in [0.15, 0.2) is 36.5 Å². The predicted molar refractivity (Wildman–Crippen MR) is 79.3 cm³/mol. The van der Waals surface area contributed by atoms with Crippen LogP contribution in [-0.4, -0.2) is 16.9 Å². The topological polar surface area (TPSA) is 24.9 Å². The molecule has 1 aromatic carbocycles. The van der Waals surface area contributed by atoms with Crippen LogP contribution in [0.1, 0.15) is 20.3 Å². The highest BCUT2D eigenvalue weighted by Crippen LogP contribution is 2.23. The van der Waals surface area contributed by atoms with Crippen molar-refractivity contribution in [3.8, 4) is 0 Å². The Morgan fingerprint density at radius 1 is 1.22 bits per heavy atom. The third kappa shape index (κ3) is 3.14. The summed E-state index contributed by atoms with van der Waals surface area (Å²) in [5, 5.41) is 4.68. The molecule has 1 aromatic heterocycles. The minimum Gasteiger partial charge on any atom is -0.381 e. The molecule has 2 aromatic rings. The second-order valence-electron chi connectivity index (χ2n) is 5.00. The highest BCUT2D eigenvalue weighted by atomic mass is 35.5. The third-order valence-corrected chi connectivity index (χ3v) is 3.32. The molecule has 96 valence electrons. The zero-order valence-corrected chi connectivity index (χ0v) is 11.6. The van der Waals surface area contributed by atoms with Gasteiger partial charge in [0.1, 0.15) is 0 Å². The van der Waals surface area contributed by atoms with Gasteiger partial charge in [0.25, 0.3) is 0 Å². The van der Waals surface area contributed by atoms with Crippen LogP contribution in [0.5, 0.6) is 0 Å². The highest BCUT2D eigenvalue weighted by Gasteiger charge is 2.11. The number of halogens is 1. The number of rotatable bonds is 5. The summed E-state index contributed by atoms with van der Waals surface area (Å²) in [5.41, 5.74) is 2.13. The van der Waals surface area contributed by atoms with Crippen LogP contribution in [0.2, 0.25) is 0 Å². The van der Waals surface area contributed by atoms with Crippen LogP contribution in [-0.2, 0) is 0 Å². The number of aromatic nitrogens is 1. The maximum absolute atomic E-state index is 6.03. The van der Waals surface area contributed by atoms with E-state index in [0.29, 0.717) is 17.8 Å². The van der Waals surface area contributed by atoms with Gasteiger partial charge in [0.05, 0.1) is 5.52 Å². The van der Waals surface area contributed by atoms with E-state index < -0.39 is 0 Å². The van der Waals surface area contributed by atoms with Crippen LogP contribution in [0.4, 0.5) is 5.69 Å². The van der Waals surface area contributed by atoms with Gasteiger partial charge < -0.3 is 5.32 Å². The largest absolute Gasteiger partial charge is 0.381 e. The average Bonchev–Trinajstić information content (AvgIpc) is 2.38. The SMILES string of the molecule is CC(C)CC(CCl)Nc1ccnc2ccccc12. The van der Waals surface area contributed by atoms with Crippen LogP contribution >= 0.6 is 11.6 Å². The maximum Gasteiger partial charge on any atom is 0.0722 e. The van der Waals surface area contributed by atoms with Gasteiger partial charge in [-0.05, 0) is 24.5 Å². The first-order valence-corrected chi connectivity index (χ1v) is 6.90. The lowest BCUT2D eigenvalue weighted by Crippen LogP contribution is -2.23. The lowest BCUT2D eigenvalue weighted by Gasteiger charge is -2.20. The van der Waals surface area contributed by atoms with Gasteiger partial charge in [0, 0.05) is 29.2 Å². The summed E-state index contributed by atoms with van der Waals surface area (Å²) >= 11 is 6.03. The molecule has 1 atom stereocenters. The number of hydrogen-bond acceptors (Lipinski definition) is 2. The summed E-state index contributed by atoms with van der Waals surface area (Å²) in [7, 11) is 0. The van der Waals surface area contributed by atoms with E-state index in [4.69, 9.17) is 11.6 Å². The van der Waals surface area contributed by atoms with Crippen molar-refractivity contribution in [1.29, 1.82) is 0 Å². The molecule has 0 aliphatic rings. The molecule has 18 heavy (non-hydrogen) atoms. The van der Waals surface area contributed by atoms with Crippen molar-refractivity contribution in [1.82, 2.24) is 4.98 Å². The van der Waals surface area contributed by atoms with Crippen LogP contribution < -0.4 is 5.32 Å². The molecule has 2 nitrogen and oxygen atoms in total. The summed E-state index contributed by atoms with van der Waals surface area (Å²) in [6.07, 6.45) is 2.91. The molecule has 0 aliphatic heterocycles. The summed E-state index contributed by atoms with van der Waals surface area (Å²) in [6.45, 7) is 4.43. The van der Waals surface area contributed by atoms with Gasteiger partial charge in [0.2, 0.25) is 0 Å². The molecule has 0 bridgehead atoms. The third-order valence-electron chi connectivity index (χ3n) is 2.95. The van der Waals surface area contributed by atoms with Gasteiger partial charge in [-0.2, -0.15) is 0 Å². The molecule has 0 radical (unpaired) electrons. The highest BCUT2D eigenvalue weighted by molar-refractivity contribution is 6.18. The molecule has 0 saturated carbocycles. The Labute approximate surface area is 113 Å². The van der Waals surface area contributed by atoms with Crippen molar-refractivity contribution in [2.75, 3.05) is 11.2 Å². The lowest BCUT2D eigenvalue weighted by atomic mass is 10.0. The summed E-state index contributed by atoms with van der Waals surface area (Å²) in [5.74, 6) is 1.25. The van der Waals surface area contributed by atoms with E-state index in [1.54, 1.807) is 0 Å². The monoisotopic (exact) mass is 262 g/mol. The standard InChI is InChI=1S/C15H19ClN2/c1-11(2)9-12(10-16)18-15-7-8-17-14-6-4-3-5-13(14)15/h3-8,11-12H,9-10H2,1-2H3,(H,17,18). The van der Waals surface area contributed by atoms with Crippen molar-refractivity contribution >= 4 is 28.2 Å². The molecule has 2 rings (SSSR count). The quantitative estimate of drug-likeness (QED) is 0.813. The van der Waals surface area contributed by atoms with Crippen LogP contribution in [0, 0.1) is 5.92 Å². The first-order valence-electron chi connectivity index (χ1n) is 6.37. The van der Waals surface area contributed by atoms with Gasteiger partial charge in [-0.15, -0.1) is 11.6 Å². The number of benzene rings is 1. The van der Waals surface area contributed by atoms with Crippen molar-refractivity contribution in [3.05, 3.63) is 36.5 Å².